The van der Waals surface area contributed by atoms with E-state index in [2.05, 4.69) is 10.6 Å². The number of hydrogen-bond donors (Lipinski definition) is 2. The van der Waals surface area contributed by atoms with Crippen molar-refractivity contribution in [2.24, 2.45) is 0 Å². The second-order valence-electron chi connectivity index (χ2n) is 3.87. The number of anilines is 1. The standard InChI is InChI=1S/C12H16N2OS.ClH/c1-16-10-5-2-4-9(8-10)14-12(15)11-6-3-7-13-11;/h2,4-5,8,11,13H,3,6-7H2,1H3,(H,14,15);1H/t11-;/m0./s1. The van der Waals surface area contributed by atoms with E-state index >= 15 is 0 Å². The van der Waals surface area contributed by atoms with Crippen molar-refractivity contribution in [3.63, 3.8) is 0 Å². The molecule has 1 saturated heterocycles. The average molecular weight is 273 g/mol. The zero-order valence-electron chi connectivity index (χ0n) is 9.73. The van der Waals surface area contributed by atoms with Crippen LogP contribution < -0.4 is 10.6 Å². The van der Waals surface area contributed by atoms with Gasteiger partial charge in [0.05, 0.1) is 6.04 Å². The van der Waals surface area contributed by atoms with E-state index in [1.165, 1.54) is 0 Å². The van der Waals surface area contributed by atoms with Gasteiger partial charge in [0.2, 0.25) is 5.91 Å². The van der Waals surface area contributed by atoms with Crippen LogP contribution in [0.1, 0.15) is 12.8 Å². The first-order chi connectivity index (χ1) is 7.79. The third kappa shape index (κ3) is 3.91. The molecule has 1 aromatic rings. The van der Waals surface area contributed by atoms with E-state index in [4.69, 9.17) is 0 Å². The molecular weight excluding hydrogens is 256 g/mol. The van der Waals surface area contributed by atoms with Gasteiger partial charge in [0.25, 0.3) is 0 Å². The van der Waals surface area contributed by atoms with Crippen LogP contribution in [-0.2, 0) is 4.79 Å². The molecule has 0 radical (unpaired) electrons. The minimum absolute atomic E-state index is 0. The van der Waals surface area contributed by atoms with Crippen LogP contribution in [0.15, 0.2) is 29.2 Å². The maximum atomic E-state index is 11.8. The molecule has 0 spiro atoms. The Hall–Kier alpha value is -0.710. The Morgan fingerprint density at radius 3 is 3.00 bits per heavy atom. The van der Waals surface area contributed by atoms with Crippen LogP contribution in [0.4, 0.5) is 5.69 Å². The Labute approximate surface area is 112 Å². The lowest BCUT2D eigenvalue weighted by Gasteiger charge is -2.11. The maximum Gasteiger partial charge on any atom is 0.241 e. The minimum atomic E-state index is -0.0158. The molecule has 1 heterocycles. The van der Waals surface area contributed by atoms with Crippen molar-refractivity contribution in [2.75, 3.05) is 18.1 Å². The SMILES string of the molecule is CSc1cccc(NC(=O)[C@@H]2CCCN2)c1.Cl. The van der Waals surface area contributed by atoms with Crippen molar-refractivity contribution in [1.29, 1.82) is 0 Å². The number of nitrogens with one attached hydrogen (secondary N) is 2. The molecule has 1 aromatic carbocycles. The summed E-state index contributed by atoms with van der Waals surface area (Å²) < 4.78 is 0. The van der Waals surface area contributed by atoms with Crippen molar-refractivity contribution in [3.05, 3.63) is 24.3 Å². The minimum Gasteiger partial charge on any atom is -0.325 e. The lowest BCUT2D eigenvalue weighted by Crippen LogP contribution is -2.35. The molecule has 2 rings (SSSR count). The Balaban J connectivity index is 0.00000144. The quantitative estimate of drug-likeness (QED) is 0.831. The van der Waals surface area contributed by atoms with Gasteiger partial charge < -0.3 is 10.6 Å². The van der Waals surface area contributed by atoms with E-state index in [9.17, 15) is 4.79 Å². The Bertz CT molecular complexity index is 381. The van der Waals surface area contributed by atoms with Crippen LogP contribution in [0, 0.1) is 0 Å². The van der Waals surface area contributed by atoms with Crippen LogP contribution in [0.5, 0.6) is 0 Å². The topological polar surface area (TPSA) is 41.1 Å². The van der Waals surface area contributed by atoms with Gasteiger partial charge in [0, 0.05) is 10.6 Å². The normalized spacial score (nSPS) is 18.5. The lowest BCUT2D eigenvalue weighted by molar-refractivity contribution is -0.117. The Kier molecular flexibility index (Phi) is 5.82. The van der Waals surface area contributed by atoms with Crippen LogP contribution in [-0.4, -0.2) is 24.7 Å². The third-order valence-corrected chi connectivity index (χ3v) is 3.44. The summed E-state index contributed by atoms with van der Waals surface area (Å²) in [6.07, 6.45) is 4.05. The van der Waals surface area contributed by atoms with E-state index < -0.39 is 0 Å². The van der Waals surface area contributed by atoms with Crippen LogP contribution in [0.3, 0.4) is 0 Å². The Morgan fingerprint density at radius 2 is 2.35 bits per heavy atom. The number of halogens is 1. The van der Waals surface area contributed by atoms with Crippen molar-refractivity contribution in [1.82, 2.24) is 5.32 Å². The highest BCUT2D eigenvalue weighted by molar-refractivity contribution is 7.98. The summed E-state index contributed by atoms with van der Waals surface area (Å²) in [5.74, 6) is 0.0794. The maximum absolute atomic E-state index is 11.8. The number of benzene rings is 1. The van der Waals surface area contributed by atoms with Gasteiger partial charge in [0.1, 0.15) is 0 Å². The fourth-order valence-electron chi connectivity index (χ4n) is 1.84. The van der Waals surface area contributed by atoms with Crippen molar-refractivity contribution < 1.29 is 4.79 Å². The fraction of sp³-hybridized carbons (Fsp3) is 0.417. The predicted octanol–water partition coefficient (Wildman–Crippen LogP) is 2.52. The Morgan fingerprint density at radius 1 is 1.53 bits per heavy atom. The molecule has 0 saturated carbocycles. The highest BCUT2D eigenvalue weighted by Gasteiger charge is 2.21. The van der Waals surface area contributed by atoms with Crippen molar-refractivity contribution in [2.45, 2.75) is 23.8 Å². The number of carbonyl (C=O) groups is 1. The molecule has 0 bridgehead atoms. The molecule has 0 unspecified atom stereocenters. The van der Waals surface area contributed by atoms with E-state index in [1.54, 1.807) is 11.8 Å². The lowest BCUT2D eigenvalue weighted by atomic mass is 10.2. The molecular formula is C12H17ClN2OS. The van der Waals surface area contributed by atoms with E-state index in [-0.39, 0.29) is 24.4 Å². The molecule has 1 aliphatic rings. The first kappa shape index (κ1) is 14.4. The molecule has 94 valence electrons. The molecule has 0 aromatic heterocycles. The van der Waals surface area contributed by atoms with Gasteiger partial charge in [-0.05, 0) is 43.8 Å². The summed E-state index contributed by atoms with van der Waals surface area (Å²) >= 11 is 1.68. The van der Waals surface area contributed by atoms with Gasteiger partial charge in [-0.3, -0.25) is 4.79 Å². The summed E-state index contributed by atoms with van der Waals surface area (Å²) in [7, 11) is 0. The number of carbonyl (C=O) groups excluding carboxylic acids is 1. The first-order valence-corrected chi connectivity index (χ1v) is 6.70. The van der Waals surface area contributed by atoms with Crippen LogP contribution in [0.2, 0.25) is 0 Å². The second-order valence-corrected chi connectivity index (χ2v) is 4.75. The summed E-state index contributed by atoms with van der Waals surface area (Å²) in [4.78, 5) is 13.0. The average Bonchev–Trinajstić information content (AvgIpc) is 2.83. The second kappa shape index (κ2) is 6.89. The van der Waals surface area contributed by atoms with Gasteiger partial charge in [-0.2, -0.15) is 0 Å². The fourth-order valence-corrected chi connectivity index (χ4v) is 2.30. The van der Waals surface area contributed by atoms with E-state index in [0.29, 0.717) is 0 Å². The highest BCUT2D eigenvalue weighted by Crippen LogP contribution is 2.19. The summed E-state index contributed by atoms with van der Waals surface area (Å²) in [6.45, 7) is 0.947. The van der Waals surface area contributed by atoms with Crippen molar-refractivity contribution >= 4 is 35.8 Å². The third-order valence-electron chi connectivity index (χ3n) is 2.71. The van der Waals surface area contributed by atoms with Gasteiger partial charge in [0.15, 0.2) is 0 Å². The highest BCUT2D eigenvalue weighted by atomic mass is 35.5. The molecule has 5 heteroatoms. The summed E-state index contributed by atoms with van der Waals surface area (Å²) in [6, 6.07) is 7.90. The number of amides is 1. The van der Waals surface area contributed by atoms with Crippen LogP contribution in [0.25, 0.3) is 0 Å². The molecule has 1 amide bonds. The van der Waals surface area contributed by atoms with E-state index in [1.807, 2.05) is 30.5 Å². The smallest absolute Gasteiger partial charge is 0.241 e. The zero-order chi connectivity index (χ0) is 11.4. The molecule has 17 heavy (non-hydrogen) atoms. The van der Waals surface area contributed by atoms with Gasteiger partial charge in [-0.1, -0.05) is 6.07 Å². The zero-order valence-corrected chi connectivity index (χ0v) is 11.4. The molecule has 3 nitrogen and oxygen atoms in total. The predicted molar refractivity (Wildman–Crippen MR) is 75.1 cm³/mol. The summed E-state index contributed by atoms with van der Waals surface area (Å²) in [5, 5.41) is 6.13. The van der Waals surface area contributed by atoms with Gasteiger partial charge in [-0.15, -0.1) is 24.2 Å². The first-order valence-electron chi connectivity index (χ1n) is 5.48. The van der Waals surface area contributed by atoms with Crippen LogP contribution >= 0.6 is 24.2 Å². The number of hydrogen-bond acceptors (Lipinski definition) is 3. The van der Waals surface area contributed by atoms with Crippen molar-refractivity contribution in [3.8, 4) is 0 Å². The number of thioether (sulfide) groups is 1. The molecule has 0 aliphatic carbocycles. The van der Waals surface area contributed by atoms with E-state index in [0.717, 1.165) is 30.0 Å². The number of rotatable bonds is 3. The molecule has 2 N–H and O–H groups in total. The largest absolute Gasteiger partial charge is 0.325 e. The summed E-state index contributed by atoms with van der Waals surface area (Å²) in [5.41, 5.74) is 0.880. The monoisotopic (exact) mass is 272 g/mol. The molecule has 1 atom stereocenters. The van der Waals surface area contributed by atoms with Gasteiger partial charge >= 0.3 is 0 Å². The van der Waals surface area contributed by atoms with Gasteiger partial charge in [-0.25, -0.2) is 0 Å². The molecule has 1 fully saturated rings. The molecule has 1 aliphatic heterocycles.